The number of ether oxygens (including phenoxy) is 1. The molecule has 112 valence electrons. The Bertz CT molecular complexity index is 728. The van der Waals surface area contributed by atoms with Crippen LogP contribution in [0.15, 0.2) is 59.8 Å². The summed E-state index contributed by atoms with van der Waals surface area (Å²) in [7, 11) is 0. The first-order valence-electron chi connectivity index (χ1n) is 7.12. The Kier molecular flexibility index (Phi) is 4.75. The summed E-state index contributed by atoms with van der Waals surface area (Å²) in [6.07, 6.45) is 0. The molecule has 0 aliphatic rings. The Hall–Kier alpha value is -2.27. The third kappa shape index (κ3) is 3.68. The second-order valence-electron chi connectivity index (χ2n) is 4.80. The monoisotopic (exact) mass is 311 g/mol. The summed E-state index contributed by atoms with van der Waals surface area (Å²) >= 11 is 1.58. The molecule has 4 nitrogen and oxygen atoms in total. The van der Waals surface area contributed by atoms with Gasteiger partial charge in [0, 0.05) is 11.3 Å². The van der Waals surface area contributed by atoms with Gasteiger partial charge in [-0.05, 0) is 18.6 Å². The molecule has 1 heterocycles. The summed E-state index contributed by atoms with van der Waals surface area (Å²) in [6.45, 7) is 2.68. The summed E-state index contributed by atoms with van der Waals surface area (Å²) in [5.74, 6) is 2.53. The van der Waals surface area contributed by atoms with Crippen LogP contribution in [0.25, 0.3) is 11.4 Å². The van der Waals surface area contributed by atoms with Crippen LogP contribution in [0.4, 0.5) is 0 Å². The van der Waals surface area contributed by atoms with Crippen molar-refractivity contribution in [1.82, 2.24) is 15.2 Å². The van der Waals surface area contributed by atoms with Crippen LogP contribution in [0.5, 0.6) is 5.75 Å². The van der Waals surface area contributed by atoms with Crippen LogP contribution in [-0.2, 0) is 0 Å². The van der Waals surface area contributed by atoms with Gasteiger partial charge in [-0.15, -0.1) is 5.10 Å². The van der Waals surface area contributed by atoms with Crippen molar-refractivity contribution >= 4 is 11.8 Å². The molecule has 5 heteroatoms. The minimum Gasteiger partial charge on any atom is -0.492 e. The van der Waals surface area contributed by atoms with Crippen LogP contribution >= 0.6 is 11.8 Å². The van der Waals surface area contributed by atoms with E-state index in [0.717, 1.165) is 33.6 Å². The summed E-state index contributed by atoms with van der Waals surface area (Å²) in [4.78, 5) is 4.48. The molecule has 0 saturated carbocycles. The van der Waals surface area contributed by atoms with Crippen LogP contribution in [-0.4, -0.2) is 27.5 Å². The van der Waals surface area contributed by atoms with Gasteiger partial charge in [0.2, 0.25) is 5.16 Å². The largest absolute Gasteiger partial charge is 0.492 e. The van der Waals surface area contributed by atoms with Gasteiger partial charge >= 0.3 is 0 Å². The molecule has 0 aliphatic carbocycles. The number of nitrogens with zero attached hydrogens (tertiary/aromatic N) is 2. The molecule has 2 aromatic carbocycles. The molecule has 0 saturated heterocycles. The van der Waals surface area contributed by atoms with Crippen molar-refractivity contribution in [3.05, 3.63) is 60.2 Å². The quantitative estimate of drug-likeness (QED) is 0.553. The van der Waals surface area contributed by atoms with E-state index in [2.05, 4.69) is 15.2 Å². The van der Waals surface area contributed by atoms with E-state index in [-0.39, 0.29) is 0 Å². The zero-order valence-corrected chi connectivity index (χ0v) is 13.1. The van der Waals surface area contributed by atoms with Crippen molar-refractivity contribution in [2.45, 2.75) is 12.1 Å². The Morgan fingerprint density at radius 2 is 1.82 bits per heavy atom. The second-order valence-corrected chi connectivity index (χ2v) is 5.86. The van der Waals surface area contributed by atoms with Crippen LogP contribution in [0.1, 0.15) is 5.56 Å². The van der Waals surface area contributed by atoms with Gasteiger partial charge in [0.25, 0.3) is 0 Å². The molecule has 0 bridgehead atoms. The van der Waals surface area contributed by atoms with Gasteiger partial charge in [-0.1, -0.05) is 60.3 Å². The smallest absolute Gasteiger partial charge is 0.208 e. The van der Waals surface area contributed by atoms with Crippen molar-refractivity contribution in [3.8, 4) is 17.1 Å². The van der Waals surface area contributed by atoms with Gasteiger partial charge in [0.1, 0.15) is 5.75 Å². The van der Waals surface area contributed by atoms with Gasteiger partial charge in [-0.2, -0.15) is 0 Å². The Morgan fingerprint density at radius 1 is 1.05 bits per heavy atom. The minimum absolute atomic E-state index is 0.630. The second kappa shape index (κ2) is 7.13. The fraction of sp³-hybridized carbons (Fsp3) is 0.176. The van der Waals surface area contributed by atoms with Crippen molar-refractivity contribution in [1.29, 1.82) is 0 Å². The number of aromatic nitrogens is 3. The molecule has 3 rings (SSSR count). The zero-order valence-electron chi connectivity index (χ0n) is 12.3. The highest BCUT2D eigenvalue weighted by molar-refractivity contribution is 7.99. The molecular formula is C17H17N3OS. The molecule has 1 N–H and O–H groups in total. The van der Waals surface area contributed by atoms with E-state index < -0.39 is 0 Å². The Morgan fingerprint density at radius 3 is 2.64 bits per heavy atom. The van der Waals surface area contributed by atoms with E-state index >= 15 is 0 Å². The van der Waals surface area contributed by atoms with Crippen molar-refractivity contribution < 1.29 is 4.74 Å². The third-order valence-corrected chi connectivity index (χ3v) is 3.99. The number of aromatic amines is 1. The minimum atomic E-state index is 0.630. The number of rotatable bonds is 6. The summed E-state index contributed by atoms with van der Waals surface area (Å²) in [5, 5.41) is 7.94. The highest BCUT2D eigenvalue weighted by Gasteiger charge is 2.06. The van der Waals surface area contributed by atoms with E-state index in [1.807, 2.05) is 61.5 Å². The number of nitrogens with one attached hydrogen (secondary N) is 1. The predicted octanol–water partition coefficient (Wildman–Crippen LogP) is 3.95. The number of benzene rings is 2. The van der Waals surface area contributed by atoms with Crippen LogP contribution in [0, 0.1) is 6.92 Å². The highest BCUT2D eigenvalue weighted by Crippen LogP contribution is 2.20. The molecule has 0 atom stereocenters. The first-order chi connectivity index (χ1) is 10.8. The molecular weight excluding hydrogens is 294 g/mol. The fourth-order valence-corrected chi connectivity index (χ4v) is 2.65. The number of H-pyrrole nitrogens is 1. The predicted molar refractivity (Wildman–Crippen MR) is 89.2 cm³/mol. The molecule has 0 radical (unpaired) electrons. The van der Waals surface area contributed by atoms with Crippen molar-refractivity contribution in [2.75, 3.05) is 12.4 Å². The summed E-state index contributed by atoms with van der Waals surface area (Å²) < 4.78 is 5.76. The lowest BCUT2D eigenvalue weighted by Crippen LogP contribution is -2.01. The highest BCUT2D eigenvalue weighted by atomic mass is 32.2. The van der Waals surface area contributed by atoms with Gasteiger partial charge in [-0.25, -0.2) is 4.98 Å². The van der Waals surface area contributed by atoms with E-state index in [1.165, 1.54) is 0 Å². The van der Waals surface area contributed by atoms with E-state index in [0.29, 0.717) is 6.61 Å². The number of hydrogen-bond donors (Lipinski definition) is 1. The van der Waals surface area contributed by atoms with Gasteiger partial charge in [0.15, 0.2) is 5.82 Å². The normalized spacial score (nSPS) is 10.6. The lowest BCUT2D eigenvalue weighted by Gasteiger charge is -2.07. The van der Waals surface area contributed by atoms with Gasteiger partial charge < -0.3 is 4.74 Å². The lowest BCUT2D eigenvalue weighted by atomic mass is 10.2. The molecule has 0 aliphatic heterocycles. The van der Waals surface area contributed by atoms with Crippen molar-refractivity contribution in [3.63, 3.8) is 0 Å². The molecule has 0 unspecified atom stereocenters. The first kappa shape index (κ1) is 14.7. The number of thioether (sulfide) groups is 1. The van der Waals surface area contributed by atoms with E-state index in [9.17, 15) is 0 Å². The standard InChI is InChI=1S/C17H17N3OS/c1-13-7-5-6-10-15(13)21-11-12-22-17-18-16(19-20-17)14-8-3-2-4-9-14/h2-10H,11-12H2,1H3,(H,18,19,20). The maximum Gasteiger partial charge on any atom is 0.208 e. The lowest BCUT2D eigenvalue weighted by molar-refractivity contribution is 0.341. The first-order valence-corrected chi connectivity index (χ1v) is 8.10. The zero-order chi connectivity index (χ0) is 15.2. The average Bonchev–Trinajstić information content (AvgIpc) is 3.03. The third-order valence-electron chi connectivity index (χ3n) is 3.18. The van der Waals surface area contributed by atoms with Crippen LogP contribution < -0.4 is 4.74 Å². The van der Waals surface area contributed by atoms with Crippen LogP contribution in [0.3, 0.4) is 0 Å². The number of aryl methyl sites for hydroxylation is 1. The van der Waals surface area contributed by atoms with Crippen LogP contribution in [0.2, 0.25) is 0 Å². The van der Waals surface area contributed by atoms with Gasteiger partial charge in [0.05, 0.1) is 6.61 Å². The molecule has 0 amide bonds. The van der Waals surface area contributed by atoms with Crippen molar-refractivity contribution in [2.24, 2.45) is 0 Å². The molecule has 0 spiro atoms. The number of hydrogen-bond acceptors (Lipinski definition) is 4. The van der Waals surface area contributed by atoms with Gasteiger partial charge in [-0.3, -0.25) is 5.10 Å². The SMILES string of the molecule is Cc1ccccc1OCCSc1n[nH]c(-c2ccccc2)n1. The van der Waals surface area contributed by atoms with E-state index in [4.69, 9.17) is 4.74 Å². The summed E-state index contributed by atoms with van der Waals surface area (Å²) in [5.41, 5.74) is 2.19. The number of para-hydroxylation sites is 1. The molecule has 3 aromatic rings. The molecule has 1 aromatic heterocycles. The molecule has 0 fully saturated rings. The maximum absolute atomic E-state index is 5.76. The summed E-state index contributed by atoms with van der Waals surface area (Å²) in [6, 6.07) is 18.0. The Balaban J connectivity index is 1.51. The average molecular weight is 311 g/mol. The molecule has 22 heavy (non-hydrogen) atoms. The maximum atomic E-state index is 5.76. The van der Waals surface area contributed by atoms with E-state index in [1.54, 1.807) is 11.8 Å². The fourth-order valence-electron chi connectivity index (χ4n) is 2.04. The topological polar surface area (TPSA) is 50.8 Å². The Labute approximate surface area is 133 Å².